The highest BCUT2D eigenvalue weighted by Crippen LogP contribution is 2.05. The smallest absolute Gasteiger partial charge is 0.117 e. The molecule has 2 heterocycles. The molecular formula is C12H20N2O2. The van der Waals surface area contributed by atoms with E-state index in [4.69, 9.17) is 9.15 Å². The van der Waals surface area contributed by atoms with Gasteiger partial charge >= 0.3 is 0 Å². The van der Waals surface area contributed by atoms with Gasteiger partial charge < -0.3 is 19.8 Å². The molecule has 1 atom stereocenters. The van der Waals surface area contributed by atoms with E-state index in [0.29, 0.717) is 6.04 Å². The molecule has 0 radical (unpaired) electrons. The topological polar surface area (TPSA) is 46.4 Å². The summed E-state index contributed by atoms with van der Waals surface area (Å²) in [5.41, 5.74) is 0. The summed E-state index contributed by atoms with van der Waals surface area (Å²) >= 11 is 0. The highest BCUT2D eigenvalue weighted by Gasteiger charge is 2.11. The van der Waals surface area contributed by atoms with Crippen molar-refractivity contribution < 1.29 is 9.15 Å². The number of rotatable bonds is 5. The van der Waals surface area contributed by atoms with Crippen LogP contribution in [0.25, 0.3) is 0 Å². The van der Waals surface area contributed by atoms with Gasteiger partial charge in [-0.2, -0.15) is 0 Å². The first-order valence-corrected chi connectivity index (χ1v) is 5.92. The van der Waals surface area contributed by atoms with E-state index in [1.54, 1.807) is 0 Å². The molecule has 16 heavy (non-hydrogen) atoms. The van der Waals surface area contributed by atoms with Crippen LogP contribution >= 0.6 is 0 Å². The lowest BCUT2D eigenvalue weighted by Crippen LogP contribution is -2.42. The maximum Gasteiger partial charge on any atom is 0.117 e. The van der Waals surface area contributed by atoms with Gasteiger partial charge in [0.25, 0.3) is 0 Å². The van der Waals surface area contributed by atoms with Crippen molar-refractivity contribution in [3.63, 3.8) is 0 Å². The molecule has 2 rings (SSSR count). The largest absolute Gasteiger partial charge is 0.465 e. The molecule has 0 spiro atoms. The molecule has 4 heteroatoms. The van der Waals surface area contributed by atoms with E-state index in [2.05, 4.69) is 10.6 Å². The van der Waals surface area contributed by atoms with E-state index in [-0.39, 0.29) is 0 Å². The highest BCUT2D eigenvalue weighted by molar-refractivity contribution is 5.05. The summed E-state index contributed by atoms with van der Waals surface area (Å²) in [5, 5.41) is 6.81. The summed E-state index contributed by atoms with van der Waals surface area (Å²) in [4.78, 5) is 0. The lowest BCUT2D eigenvalue weighted by atomic mass is 10.2. The van der Waals surface area contributed by atoms with Crippen molar-refractivity contribution in [3.05, 3.63) is 23.7 Å². The van der Waals surface area contributed by atoms with Crippen molar-refractivity contribution in [1.82, 2.24) is 10.6 Å². The van der Waals surface area contributed by atoms with Crippen LogP contribution in [0.4, 0.5) is 0 Å². The lowest BCUT2D eigenvalue weighted by Gasteiger charge is -2.23. The Bertz CT molecular complexity index is 306. The normalized spacial score (nSPS) is 21.2. The van der Waals surface area contributed by atoms with Crippen molar-refractivity contribution in [3.8, 4) is 0 Å². The van der Waals surface area contributed by atoms with Gasteiger partial charge in [0, 0.05) is 12.6 Å². The fraction of sp³-hybridized carbons (Fsp3) is 0.667. The average Bonchev–Trinajstić information content (AvgIpc) is 2.72. The molecule has 1 saturated heterocycles. The van der Waals surface area contributed by atoms with Gasteiger partial charge in [-0.1, -0.05) is 0 Å². The Kier molecular flexibility index (Phi) is 4.39. The maximum absolute atomic E-state index is 5.47. The summed E-state index contributed by atoms with van der Waals surface area (Å²) < 4.78 is 10.9. The van der Waals surface area contributed by atoms with Gasteiger partial charge in [0.15, 0.2) is 0 Å². The molecule has 1 aromatic rings. The van der Waals surface area contributed by atoms with Crippen LogP contribution in [0.5, 0.6) is 0 Å². The lowest BCUT2D eigenvalue weighted by molar-refractivity contribution is 0.0742. The van der Waals surface area contributed by atoms with Gasteiger partial charge in [-0.3, -0.25) is 0 Å². The average molecular weight is 224 g/mol. The van der Waals surface area contributed by atoms with Crippen LogP contribution in [0.3, 0.4) is 0 Å². The van der Waals surface area contributed by atoms with Gasteiger partial charge in [-0.05, 0) is 32.0 Å². The number of ether oxygens (including phenoxy) is 1. The zero-order chi connectivity index (χ0) is 11.2. The Labute approximate surface area is 96.4 Å². The Balaban J connectivity index is 1.57. The zero-order valence-electron chi connectivity index (χ0n) is 9.79. The molecule has 90 valence electrons. The molecule has 2 N–H and O–H groups in total. The number of aryl methyl sites for hydroxylation is 1. The first-order chi connectivity index (χ1) is 7.84. The molecule has 1 aliphatic heterocycles. The van der Waals surface area contributed by atoms with E-state index in [9.17, 15) is 0 Å². The van der Waals surface area contributed by atoms with Crippen LogP contribution in [0.1, 0.15) is 17.9 Å². The quantitative estimate of drug-likeness (QED) is 0.734. The van der Waals surface area contributed by atoms with Crippen LogP contribution in [0, 0.1) is 6.92 Å². The number of hydrogen-bond donors (Lipinski definition) is 2. The Morgan fingerprint density at radius 3 is 3.12 bits per heavy atom. The van der Waals surface area contributed by atoms with Crippen molar-refractivity contribution >= 4 is 0 Å². The van der Waals surface area contributed by atoms with E-state index >= 15 is 0 Å². The van der Waals surface area contributed by atoms with E-state index < -0.39 is 0 Å². The monoisotopic (exact) mass is 224 g/mol. The van der Waals surface area contributed by atoms with Gasteiger partial charge in [0.1, 0.15) is 11.5 Å². The van der Waals surface area contributed by atoms with Gasteiger partial charge in [-0.15, -0.1) is 0 Å². The molecule has 0 aliphatic carbocycles. The second kappa shape index (κ2) is 6.03. The summed E-state index contributed by atoms with van der Waals surface area (Å²) in [5.74, 6) is 1.98. The number of morpholine rings is 1. The third-order valence-electron chi connectivity index (χ3n) is 2.76. The van der Waals surface area contributed by atoms with E-state index in [0.717, 1.165) is 50.8 Å². The predicted molar refractivity (Wildman–Crippen MR) is 62.4 cm³/mol. The minimum atomic E-state index is 0.500. The van der Waals surface area contributed by atoms with E-state index in [1.807, 2.05) is 19.1 Å². The number of hydrogen-bond acceptors (Lipinski definition) is 4. The molecular weight excluding hydrogens is 204 g/mol. The summed E-state index contributed by atoms with van der Waals surface area (Å²) in [6.45, 7) is 6.41. The Morgan fingerprint density at radius 2 is 2.44 bits per heavy atom. The highest BCUT2D eigenvalue weighted by atomic mass is 16.5. The summed E-state index contributed by atoms with van der Waals surface area (Å²) in [6.07, 6.45) is 1.10. The van der Waals surface area contributed by atoms with Gasteiger partial charge in [0.2, 0.25) is 0 Å². The molecule has 0 aromatic carbocycles. The van der Waals surface area contributed by atoms with Crippen molar-refractivity contribution in [2.45, 2.75) is 25.9 Å². The molecule has 1 aliphatic rings. The molecule has 1 aromatic heterocycles. The molecule has 1 unspecified atom stereocenters. The molecule has 1 fully saturated rings. The Morgan fingerprint density at radius 1 is 1.50 bits per heavy atom. The first-order valence-electron chi connectivity index (χ1n) is 5.92. The minimum Gasteiger partial charge on any atom is -0.465 e. The van der Waals surface area contributed by atoms with Crippen LogP contribution in [0.15, 0.2) is 16.5 Å². The fourth-order valence-electron chi connectivity index (χ4n) is 1.87. The molecule has 4 nitrogen and oxygen atoms in total. The molecule has 0 saturated carbocycles. The van der Waals surface area contributed by atoms with Crippen LogP contribution < -0.4 is 10.6 Å². The number of furan rings is 1. The zero-order valence-corrected chi connectivity index (χ0v) is 9.79. The first kappa shape index (κ1) is 11.6. The standard InChI is InChI=1S/C12H20N2O2/c1-10-2-3-12(16-10)8-13-5-4-11-9-15-7-6-14-11/h2-3,11,13-14H,4-9H2,1H3. The van der Waals surface area contributed by atoms with Crippen LogP contribution in [-0.2, 0) is 11.3 Å². The predicted octanol–water partition coefficient (Wildman–Crippen LogP) is 1.06. The second-order valence-corrected chi connectivity index (χ2v) is 4.20. The third-order valence-corrected chi connectivity index (χ3v) is 2.76. The Hall–Kier alpha value is -0.840. The van der Waals surface area contributed by atoms with Gasteiger partial charge in [0.05, 0.1) is 19.8 Å². The van der Waals surface area contributed by atoms with Crippen molar-refractivity contribution in [2.24, 2.45) is 0 Å². The van der Waals surface area contributed by atoms with Crippen molar-refractivity contribution in [1.29, 1.82) is 0 Å². The van der Waals surface area contributed by atoms with Crippen LogP contribution in [0.2, 0.25) is 0 Å². The minimum absolute atomic E-state index is 0.500. The second-order valence-electron chi connectivity index (χ2n) is 4.20. The summed E-state index contributed by atoms with van der Waals surface area (Å²) in [7, 11) is 0. The molecule has 0 bridgehead atoms. The number of nitrogens with one attached hydrogen (secondary N) is 2. The van der Waals surface area contributed by atoms with Gasteiger partial charge in [-0.25, -0.2) is 0 Å². The summed E-state index contributed by atoms with van der Waals surface area (Å²) in [6, 6.07) is 4.51. The SMILES string of the molecule is Cc1ccc(CNCCC2COCCN2)o1. The maximum atomic E-state index is 5.47. The fourth-order valence-corrected chi connectivity index (χ4v) is 1.87. The van der Waals surface area contributed by atoms with E-state index in [1.165, 1.54) is 0 Å². The molecule has 0 amide bonds. The third kappa shape index (κ3) is 3.63. The van der Waals surface area contributed by atoms with Crippen LogP contribution in [-0.4, -0.2) is 32.3 Å². The van der Waals surface area contributed by atoms with Crippen molar-refractivity contribution in [2.75, 3.05) is 26.3 Å².